The number of rotatable bonds is 6. The minimum Gasteiger partial charge on any atom is -0.508 e. The van der Waals surface area contributed by atoms with E-state index in [1.807, 2.05) is 4.90 Å². The minimum absolute atomic E-state index is 0.00504. The van der Waals surface area contributed by atoms with Gasteiger partial charge >= 0.3 is 6.01 Å². The van der Waals surface area contributed by atoms with Crippen molar-refractivity contribution in [3.05, 3.63) is 47.2 Å². The predicted molar refractivity (Wildman–Crippen MR) is 161 cm³/mol. The van der Waals surface area contributed by atoms with Crippen molar-refractivity contribution in [3.63, 3.8) is 0 Å². The number of hydrogen-bond acceptors (Lipinski definition) is 8. The molecule has 46 heavy (non-hydrogen) atoms. The maximum absolute atomic E-state index is 16.8. The molecule has 0 unspecified atom stereocenters. The molecule has 2 atom stereocenters. The van der Waals surface area contributed by atoms with E-state index in [0.29, 0.717) is 32.5 Å². The molecule has 0 spiro atoms. The molecule has 2 aromatic heterocycles. The number of aromatic nitrogens is 3. The van der Waals surface area contributed by atoms with Crippen LogP contribution in [0.15, 0.2) is 24.3 Å². The van der Waals surface area contributed by atoms with Crippen molar-refractivity contribution in [3.8, 4) is 35.4 Å². The Balaban J connectivity index is 1.46. The maximum atomic E-state index is 16.8. The Morgan fingerprint density at radius 3 is 2.74 bits per heavy atom. The molecule has 7 rings (SSSR count). The van der Waals surface area contributed by atoms with E-state index in [1.165, 1.54) is 12.1 Å². The van der Waals surface area contributed by atoms with Gasteiger partial charge in [-0.15, -0.1) is 6.42 Å². The minimum atomic E-state index is -3.20. The Morgan fingerprint density at radius 1 is 1.09 bits per heavy atom. The van der Waals surface area contributed by atoms with Gasteiger partial charge in [-0.1, -0.05) is 12.0 Å². The lowest BCUT2D eigenvalue weighted by Gasteiger charge is -2.31. The predicted octanol–water partition coefficient (Wildman–Crippen LogP) is 5.93. The first-order valence-electron chi connectivity index (χ1n) is 15.2. The molecular formula is C33H30F5N5O3. The molecule has 1 N–H and O–H groups in total. The summed E-state index contributed by atoms with van der Waals surface area (Å²) in [6, 6.07) is 4.58. The number of terminal acetylenes is 1. The van der Waals surface area contributed by atoms with Gasteiger partial charge < -0.3 is 19.5 Å². The summed E-state index contributed by atoms with van der Waals surface area (Å²) in [5, 5.41) is 10.5. The molecule has 3 fully saturated rings. The highest BCUT2D eigenvalue weighted by atomic mass is 19.3. The number of alkyl halides is 3. The molecule has 8 nitrogen and oxygen atoms in total. The number of halogens is 5. The topological polar surface area (TPSA) is 83.8 Å². The summed E-state index contributed by atoms with van der Waals surface area (Å²) in [5.41, 5.74) is -2.89. The molecule has 3 aliphatic rings. The Labute approximate surface area is 261 Å². The first-order chi connectivity index (χ1) is 22.2. The quantitative estimate of drug-likeness (QED) is 0.206. The number of nitrogens with zero attached hydrogens (tertiary/aromatic N) is 5. The van der Waals surface area contributed by atoms with Gasteiger partial charge in [0.15, 0.2) is 5.82 Å². The van der Waals surface area contributed by atoms with E-state index >= 15 is 4.39 Å². The molecule has 3 aliphatic heterocycles. The van der Waals surface area contributed by atoms with E-state index < -0.39 is 46.7 Å². The highest BCUT2D eigenvalue weighted by Gasteiger charge is 2.49. The van der Waals surface area contributed by atoms with Crippen LogP contribution in [0.5, 0.6) is 11.8 Å². The van der Waals surface area contributed by atoms with Crippen LogP contribution < -0.4 is 9.64 Å². The smallest absolute Gasteiger partial charge is 0.319 e. The van der Waals surface area contributed by atoms with Gasteiger partial charge in [0.1, 0.15) is 47.1 Å². The Kier molecular flexibility index (Phi) is 7.81. The van der Waals surface area contributed by atoms with Gasteiger partial charge in [-0.3, -0.25) is 4.90 Å². The number of ether oxygens (including phenoxy) is 2. The number of pyridine rings is 1. The summed E-state index contributed by atoms with van der Waals surface area (Å²) in [6.07, 6.45) is 3.80. The highest BCUT2D eigenvalue weighted by Crippen LogP contribution is 2.43. The second kappa shape index (κ2) is 11.8. The fourth-order valence-electron chi connectivity index (χ4n) is 7.15. The Hall–Kier alpha value is -4.28. The van der Waals surface area contributed by atoms with E-state index in [-0.39, 0.29) is 71.0 Å². The molecule has 0 bridgehead atoms. The zero-order valence-corrected chi connectivity index (χ0v) is 24.7. The Bertz CT molecular complexity index is 1880. The van der Waals surface area contributed by atoms with Crippen LogP contribution >= 0.6 is 0 Å². The van der Waals surface area contributed by atoms with Crippen LogP contribution in [0.2, 0.25) is 0 Å². The third kappa shape index (κ3) is 5.13. The lowest BCUT2D eigenvalue weighted by Crippen LogP contribution is -2.43. The third-order valence-corrected chi connectivity index (χ3v) is 9.18. The van der Waals surface area contributed by atoms with Gasteiger partial charge in [-0.05, 0) is 49.4 Å². The third-order valence-electron chi connectivity index (χ3n) is 9.18. The van der Waals surface area contributed by atoms with Crippen molar-refractivity contribution in [2.24, 2.45) is 0 Å². The standard InChI is InChI=1S/C33H30F5N5O3/c1-2-21-23(35)6-5-18-13-20(44)14-22(24(18)21)27-26(36)28-25(29(39-27)30(37)38)31(42-8-4-11-45-12-10-42)41-32(40-28)46-17-33-7-3-9-43(33)16-19(34)15-33/h1,5-6,13-14,19,30,44H,3-4,7-12,15-17H2/t19-,33+/m1/s1. The number of anilines is 1. The lowest BCUT2D eigenvalue weighted by atomic mass is 9.95. The first-order valence-corrected chi connectivity index (χ1v) is 15.2. The summed E-state index contributed by atoms with van der Waals surface area (Å²) in [6.45, 7) is 2.43. The molecule has 3 saturated heterocycles. The molecule has 2 aromatic carbocycles. The number of hydrogen-bond donors (Lipinski definition) is 1. The summed E-state index contributed by atoms with van der Waals surface area (Å²) >= 11 is 0. The van der Waals surface area contributed by atoms with Gasteiger partial charge in [0.25, 0.3) is 6.43 Å². The molecule has 0 saturated carbocycles. The molecule has 0 aliphatic carbocycles. The number of aromatic hydroxyl groups is 1. The SMILES string of the molecule is C#Cc1c(F)ccc2cc(O)cc(-c3nc(C(F)F)c4c(N5CCCOCC5)nc(OC[C@@]56CCCN5C[C@H](F)C6)nc4c3F)c12. The largest absolute Gasteiger partial charge is 0.508 e. The summed E-state index contributed by atoms with van der Waals surface area (Å²) in [7, 11) is 0. The van der Waals surface area contributed by atoms with Crippen LogP contribution in [-0.2, 0) is 4.74 Å². The van der Waals surface area contributed by atoms with Crippen molar-refractivity contribution in [2.45, 2.75) is 43.8 Å². The van der Waals surface area contributed by atoms with Crippen molar-refractivity contribution >= 4 is 27.5 Å². The molecule has 5 heterocycles. The fraction of sp³-hybridized carbons (Fsp3) is 0.424. The van der Waals surface area contributed by atoms with Crippen LogP contribution in [0.1, 0.15) is 43.4 Å². The van der Waals surface area contributed by atoms with Crippen LogP contribution in [0.4, 0.5) is 27.8 Å². The number of phenols is 1. The Morgan fingerprint density at radius 2 is 1.93 bits per heavy atom. The van der Waals surface area contributed by atoms with E-state index in [4.69, 9.17) is 15.9 Å². The van der Waals surface area contributed by atoms with Crippen molar-refractivity contribution in [1.82, 2.24) is 19.9 Å². The molecule has 0 amide bonds. The van der Waals surface area contributed by atoms with Crippen molar-refractivity contribution in [1.29, 1.82) is 0 Å². The normalized spacial score (nSPS) is 22.0. The van der Waals surface area contributed by atoms with Gasteiger partial charge in [0.2, 0.25) is 0 Å². The summed E-state index contributed by atoms with van der Waals surface area (Å²) < 4.78 is 87.5. The zero-order chi connectivity index (χ0) is 32.2. The second-order valence-electron chi connectivity index (χ2n) is 12.0. The van der Waals surface area contributed by atoms with Crippen LogP contribution in [0.25, 0.3) is 32.9 Å². The van der Waals surface area contributed by atoms with Gasteiger partial charge in [-0.25, -0.2) is 26.9 Å². The van der Waals surface area contributed by atoms with Crippen LogP contribution in [-0.4, -0.2) is 82.7 Å². The van der Waals surface area contributed by atoms with Gasteiger partial charge in [0, 0.05) is 43.6 Å². The van der Waals surface area contributed by atoms with E-state index in [1.54, 1.807) is 4.90 Å². The van der Waals surface area contributed by atoms with Gasteiger partial charge in [0.05, 0.1) is 23.1 Å². The highest BCUT2D eigenvalue weighted by molar-refractivity contribution is 6.03. The van der Waals surface area contributed by atoms with Crippen molar-refractivity contribution in [2.75, 3.05) is 50.9 Å². The van der Waals surface area contributed by atoms with Crippen LogP contribution in [0.3, 0.4) is 0 Å². The average molecular weight is 640 g/mol. The lowest BCUT2D eigenvalue weighted by molar-refractivity contribution is 0.107. The second-order valence-corrected chi connectivity index (χ2v) is 12.0. The van der Waals surface area contributed by atoms with E-state index in [0.717, 1.165) is 25.1 Å². The molecule has 240 valence electrons. The maximum Gasteiger partial charge on any atom is 0.319 e. The van der Waals surface area contributed by atoms with E-state index in [2.05, 4.69) is 20.9 Å². The molecule has 13 heteroatoms. The average Bonchev–Trinajstić information content (AvgIpc) is 3.41. The van der Waals surface area contributed by atoms with Crippen molar-refractivity contribution < 1.29 is 36.5 Å². The van der Waals surface area contributed by atoms with E-state index in [9.17, 15) is 22.7 Å². The monoisotopic (exact) mass is 639 g/mol. The number of phenolic OH excluding ortho intramolecular Hbond substituents is 1. The molecule has 0 radical (unpaired) electrons. The molecule has 4 aromatic rings. The van der Waals surface area contributed by atoms with Gasteiger partial charge in [-0.2, -0.15) is 9.97 Å². The fourth-order valence-corrected chi connectivity index (χ4v) is 7.15. The number of benzene rings is 2. The zero-order valence-electron chi connectivity index (χ0n) is 24.7. The summed E-state index contributed by atoms with van der Waals surface area (Å²) in [4.78, 5) is 16.7. The van der Waals surface area contributed by atoms with Crippen LogP contribution in [0, 0.1) is 24.0 Å². The first kappa shape index (κ1) is 30.4. The number of fused-ring (bicyclic) bond motifs is 3. The summed E-state index contributed by atoms with van der Waals surface area (Å²) in [5.74, 6) is 0.0162. The molecular weight excluding hydrogens is 609 g/mol.